The molecule has 0 amide bonds. The van der Waals surface area contributed by atoms with Crippen LogP contribution in [-0.2, 0) is 20.7 Å². The van der Waals surface area contributed by atoms with Crippen molar-refractivity contribution < 1.29 is 23.7 Å². The fourth-order valence-corrected chi connectivity index (χ4v) is 2.92. The molecule has 0 fully saturated rings. The van der Waals surface area contributed by atoms with E-state index in [4.69, 9.17) is 18.9 Å². The molecule has 0 bridgehead atoms. The number of benzene rings is 1. The first kappa shape index (κ1) is 17.5. The molecule has 2 aliphatic rings. The molecule has 5 nitrogen and oxygen atoms in total. The second-order valence-electron chi connectivity index (χ2n) is 7.09. The number of hydrogen-bond acceptors (Lipinski definition) is 5. The van der Waals surface area contributed by atoms with E-state index >= 15 is 0 Å². The van der Waals surface area contributed by atoms with Crippen LogP contribution in [0.25, 0.3) is 6.08 Å². The fraction of sp³-hybridized carbons (Fsp3) is 0.450. The summed E-state index contributed by atoms with van der Waals surface area (Å²) in [5.41, 5.74) is 2.26. The Bertz CT molecular complexity index is 726. The second-order valence-corrected chi connectivity index (χ2v) is 7.09. The van der Waals surface area contributed by atoms with Gasteiger partial charge in [-0.3, -0.25) is 0 Å². The third-order valence-electron chi connectivity index (χ3n) is 4.22. The van der Waals surface area contributed by atoms with E-state index in [1.807, 2.05) is 52.0 Å². The van der Waals surface area contributed by atoms with Gasteiger partial charge in [-0.15, -0.1) is 0 Å². The van der Waals surface area contributed by atoms with Gasteiger partial charge in [-0.25, -0.2) is 4.79 Å². The lowest BCUT2D eigenvalue weighted by molar-refractivity contribution is -0.155. The molecule has 3 rings (SSSR count). The summed E-state index contributed by atoms with van der Waals surface area (Å²) in [5.74, 6) is 1.15. The van der Waals surface area contributed by atoms with Crippen molar-refractivity contribution in [3.05, 3.63) is 41.0 Å². The summed E-state index contributed by atoms with van der Waals surface area (Å²) in [4.78, 5) is 12.0. The van der Waals surface area contributed by atoms with Crippen molar-refractivity contribution in [1.82, 2.24) is 0 Å². The molecule has 0 aliphatic carbocycles. The Balaban J connectivity index is 1.89. The first-order valence-electron chi connectivity index (χ1n) is 8.44. The van der Waals surface area contributed by atoms with E-state index < -0.39 is 5.60 Å². The Kier molecular flexibility index (Phi) is 4.86. The lowest BCUT2D eigenvalue weighted by atomic mass is 9.89. The van der Waals surface area contributed by atoms with Gasteiger partial charge in [0.1, 0.15) is 23.2 Å². The number of carbonyl (C=O) groups excluding carboxylic acids is 1. The minimum Gasteiger partial charge on any atom is -0.484 e. The van der Waals surface area contributed by atoms with Crippen LogP contribution in [0.3, 0.4) is 0 Å². The third-order valence-corrected chi connectivity index (χ3v) is 4.22. The minimum absolute atomic E-state index is 0.211. The summed E-state index contributed by atoms with van der Waals surface area (Å²) < 4.78 is 22.7. The third kappa shape index (κ3) is 4.04. The highest BCUT2D eigenvalue weighted by Gasteiger charge is 2.40. The second kappa shape index (κ2) is 6.92. The first-order valence-corrected chi connectivity index (χ1v) is 8.44. The van der Waals surface area contributed by atoms with Gasteiger partial charge < -0.3 is 18.9 Å². The molecule has 0 spiro atoms. The molecule has 0 radical (unpaired) electrons. The lowest BCUT2D eigenvalue weighted by Gasteiger charge is -2.39. The van der Waals surface area contributed by atoms with Crippen molar-refractivity contribution in [1.29, 1.82) is 0 Å². The Morgan fingerprint density at radius 2 is 2.08 bits per heavy atom. The Labute approximate surface area is 148 Å². The average Bonchev–Trinajstić information content (AvgIpc) is 2.47. The molecule has 1 aromatic carbocycles. The molecular formula is C20H24O5. The van der Waals surface area contributed by atoms with E-state index in [0.29, 0.717) is 13.0 Å². The Morgan fingerprint density at radius 1 is 1.28 bits per heavy atom. The van der Waals surface area contributed by atoms with Gasteiger partial charge >= 0.3 is 5.97 Å². The molecule has 0 aromatic heterocycles. The zero-order chi connectivity index (χ0) is 18.0. The molecule has 0 N–H and O–H groups in total. The van der Waals surface area contributed by atoms with E-state index in [-0.39, 0.29) is 18.9 Å². The molecule has 0 saturated carbocycles. The molecule has 2 aliphatic heterocycles. The maximum Gasteiger partial charge on any atom is 0.331 e. The van der Waals surface area contributed by atoms with Crippen LogP contribution >= 0.6 is 0 Å². The summed E-state index contributed by atoms with van der Waals surface area (Å²) >= 11 is 0. The summed E-state index contributed by atoms with van der Waals surface area (Å²) in [5, 5.41) is 0. The predicted octanol–water partition coefficient (Wildman–Crippen LogP) is 3.66. The maximum absolute atomic E-state index is 12.0. The van der Waals surface area contributed by atoms with Crippen LogP contribution in [0.15, 0.2) is 29.9 Å². The standard InChI is InChI=1S/C20H24O5/c1-13(2)8-19(21)24-18-10-15-9-14-6-5-7-22-12-23-16(14)11-17(15)25-20(18,3)4/h5-6,8-9,11,18H,7,10,12H2,1-4H3. The van der Waals surface area contributed by atoms with Crippen LogP contribution in [0.5, 0.6) is 11.5 Å². The molecule has 25 heavy (non-hydrogen) atoms. The average molecular weight is 344 g/mol. The monoisotopic (exact) mass is 344 g/mol. The van der Waals surface area contributed by atoms with Crippen LogP contribution in [0.4, 0.5) is 0 Å². The summed E-state index contributed by atoms with van der Waals surface area (Å²) in [7, 11) is 0. The molecule has 134 valence electrons. The quantitative estimate of drug-likeness (QED) is 0.605. The van der Waals surface area contributed by atoms with Gasteiger partial charge in [0.15, 0.2) is 6.79 Å². The zero-order valence-corrected chi connectivity index (χ0v) is 15.1. The normalized spacial score (nSPS) is 20.7. The number of hydrogen-bond donors (Lipinski definition) is 0. The fourth-order valence-electron chi connectivity index (χ4n) is 2.92. The molecule has 0 saturated heterocycles. The number of esters is 1. The van der Waals surface area contributed by atoms with Crippen molar-refractivity contribution in [2.24, 2.45) is 0 Å². The van der Waals surface area contributed by atoms with Crippen LogP contribution in [-0.4, -0.2) is 31.1 Å². The SMILES string of the molecule is CC(C)=CC(=O)OC1Cc2cc3c(cc2OC1(C)C)OCOCC=C3. The van der Waals surface area contributed by atoms with Crippen molar-refractivity contribution in [3.8, 4) is 11.5 Å². The highest BCUT2D eigenvalue weighted by molar-refractivity contribution is 5.82. The van der Waals surface area contributed by atoms with Gasteiger partial charge in [0.05, 0.1) is 6.61 Å². The lowest BCUT2D eigenvalue weighted by Crippen LogP contribution is -2.48. The molecule has 1 aromatic rings. The largest absolute Gasteiger partial charge is 0.484 e. The van der Waals surface area contributed by atoms with Crippen molar-refractivity contribution in [2.75, 3.05) is 13.4 Å². The van der Waals surface area contributed by atoms with E-state index in [1.165, 1.54) is 6.08 Å². The molecule has 1 atom stereocenters. The number of rotatable bonds is 2. The minimum atomic E-state index is -0.625. The Morgan fingerprint density at radius 3 is 2.84 bits per heavy atom. The van der Waals surface area contributed by atoms with Gasteiger partial charge in [0, 0.05) is 24.1 Å². The van der Waals surface area contributed by atoms with Gasteiger partial charge in [-0.2, -0.15) is 0 Å². The molecule has 1 unspecified atom stereocenters. The number of ether oxygens (including phenoxy) is 4. The van der Waals surface area contributed by atoms with E-state index in [0.717, 1.165) is 28.2 Å². The van der Waals surface area contributed by atoms with Crippen LogP contribution < -0.4 is 9.47 Å². The highest BCUT2D eigenvalue weighted by atomic mass is 16.7. The first-order chi connectivity index (χ1) is 11.8. The van der Waals surface area contributed by atoms with Gasteiger partial charge in [0.25, 0.3) is 0 Å². The predicted molar refractivity (Wildman–Crippen MR) is 94.6 cm³/mol. The van der Waals surface area contributed by atoms with Crippen molar-refractivity contribution in [2.45, 2.75) is 45.8 Å². The van der Waals surface area contributed by atoms with Gasteiger partial charge in [-0.1, -0.05) is 17.7 Å². The summed E-state index contributed by atoms with van der Waals surface area (Å²) in [6.07, 6.45) is 5.67. The van der Waals surface area contributed by atoms with E-state index in [2.05, 4.69) is 0 Å². The van der Waals surface area contributed by atoms with E-state index in [1.54, 1.807) is 0 Å². The number of allylic oxidation sites excluding steroid dienone is 1. The van der Waals surface area contributed by atoms with Crippen molar-refractivity contribution in [3.63, 3.8) is 0 Å². The van der Waals surface area contributed by atoms with E-state index in [9.17, 15) is 4.79 Å². The Hall–Kier alpha value is -2.27. The molecule has 2 heterocycles. The maximum atomic E-state index is 12.0. The smallest absolute Gasteiger partial charge is 0.331 e. The highest BCUT2D eigenvalue weighted by Crippen LogP contribution is 2.39. The molecule has 5 heteroatoms. The topological polar surface area (TPSA) is 54.0 Å². The number of carbonyl (C=O) groups is 1. The van der Waals surface area contributed by atoms with Crippen LogP contribution in [0.2, 0.25) is 0 Å². The molecular weight excluding hydrogens is 320 g/mol. The summed E-state index contributed by atoms with van der Waals surface area (Å²) in [6.45, 7) is 8.32. The zero-order valence-electron chi connectivity index (χ0n) is 15.1. The number of fused-ring (bicyclic) bond motifs is 2. The summed E-state index contributed by atoms with van der Waals surface area (Å²) in [6, 6.07) is 3.92. The van der Waals surface area contributed by atoms with Gasteiger partial charge in [0.2, 0.25) is 0 Å². The van der Waals surface area contributed by atoms with Gasteiger partial charge in [-0.05, 0) is 39.3 Å². The van der Waals surface area contributed by atoms with Crippen LogP contribution in [0, 0.1) is 0 Å². The van der Waals surface area contributed by atoms with Crippen molar-refractivity contribution >= 4 is 12.0 Å². The van der Waals surface area contributed by atoms with Crippen LogP contribution in [0.1, 0.15) is 38.8 Å².